The maximum atomic E-state index is 12.5. The molecule has 0 radical (unpaired) electrons. The molecule has 1 N–H and O–H groups in total. The highest BCUT2D eigenvalue weighted by atomic mass is 16.2. The van der Waals surface area contributed by atoms with Crippen LogP contribution in [0.3, 0.4) is 0 Å². The summed E-state index contributed by atoms with van der Waals surface area (Å²) >= 11 is 0. The molecule has 0 fully saturated rings. The first-order valence-electron chi connectivity index (χ1n) is 7.95. The van der Waals surface area contributed by atoms with Crippen molar-refractivity contribution in [2.75, 3.05) is 5.32 Å². The molecule has 0 saturated carbocycles. The van der Waals surface area contributed by atoms with Crippen molar-refractivity contribution < 1.29 is 4.79 Å². The van der Waals surface area contributed by atoms with Gasteiger partial charge in [0.05, 0.1) is 5.69 Å². The number of aryl methyl sites for hydroxylation is 4. The summed E-state index contributed by atoms with van der Waals surface area (Å²) in [6, 6.07) is 6.74. The maximum absolute atomic E-state index is 12.5. The summed E-state index contributed by atoms with van der Waals surface area (Å²) < 4.78 is 1.29. The van der Waals surface area contributed by atoms with Crippen LogP contribution in [0.2, 0.25) is 0 Å². The normalized spacial score (nSPS) is 14.4. The monoisotopic (exact) mass is 311 g/mol. The van der Waals surface area contributed by atoms with E-state index in [1.807, 2.05) is 32.0 Å². The average molecular weight is 311 g/mol. The average Bonchev–Trinajstić information content (AvgIpc) is 2.96. The van der Waals surface area contributed by atoms with Crippen molar-refractivity contribution >= 4 is 11.6 Å². The van der Waals surface area contributed by atoms with Crippen LogP contribution in [0.5, 0.6) is 0 Å². The van der Waals surface area contributed by atoms with E-state index in [0.29, 0.717) is 0 Å². The van der Waals surface area contributed by atoms with Crippen molar-refractivity contribution in [3.8, 4) is 0 Å². The molecule has 0 aliphatic heterocycles. The van der Waals surface area contributed by atoms with Crippen molar-refractivity contribution in [1.82, 2.24) is 9.78 Å². The lowest BCUT2D eigenvalue weighted by molar-refractivity contribution is -0.119. The topological polar surface area (TPSA) is 64.0 Å². The number of hydrogen-bond acceptors (Lipinski definition) is 3. The van der Waals surface area contributed by atoms with Crippen molar-refractivity contribution in [2.45, 2.75) is 46.1 Å². The van der Waals surface area contributed by atoms with Gasteiger partial charge in [-0.3, -0.25) is 9.59 Å². The van der Waals surface area contributed by atoms with Gasteiger partial charge in [-0.15, -0.1) is 0 Å². The van der Waals surface area contributed by atoms with Crippen LogP contribution in [-0.4, -0.2) is 15.7 Å². The number of benzene rings is 1. The van der Waals surface area contributed by atoms with Gasteiger partial charge in [-0.1, -0.05) is 6.07 Å². The van der Waals surface area contributed by atoms with Gasteiger partial charge in [0, 0.05) is 11.8 Å². The molecule has 1 aliphatic rings. The molecular formula is C18H21N3O2. The van der Waals surface area contributed by atoms with E-state index in [9.17, 15) is 9.59 Å². The summed E-state index contributed by atoms with van der Waals surface area (Å²) in [5, 5.41) is 7.25. The van der Waals surface area contributed by atoms with E-state index in [4.69, 9.17) is 0 Å². The molecule has 0 bridgehead atoms. The van der Waals surface area contributed by atoms with Crippen LogP contribution < -0.4 is 10.9 Å². The minimum atomic E-state index is -0.644. The summed E-state index contributed by atoms with van der Waals surface area (Å²) in [7, 11) is 0. The lowest BCUT2D eigenvalue weighted by Gasteiger charge is -2.15. The van der Waals surface area contributed by atoms with Crippen molar-refractivity contribution in [1.29, 1.82) is 0 Å². The van der Waals surface area contributed by atoms with Gasteiger partial charge in [0.25, 0.3) is 5.56 Å². The van der Waals surface area contributed by atoms with Gasteiger partial charge in [-0.2, -0.15) is 5.10 Å². The standard InChI is InChI=1S/C18H21N3O2/c1-11-7-8-15(9-12(11)2)19-18(23)13(3)21-17(22)10-14-5-4-6-16(14)20-21/h7-10,13H,4-6H2,1-3H3,(H,19,23). The number of anilines is 1. The van der Waals surface area contributed by atoms with Crippen LogP contribution in [0.15, 0.2) is 29.1 Å². The SMILES string of the molecule is Cc1ccc(NC(=O)C(C)n2nc3c(cc2=O)CCC3)cc1C. The fourth-order valence-corrected chi connectivity index (χ4v) is 2.87. The number of nitrogens with zero attached hydrogens (tertiary/aromatic N) is 2. The van der Waals surface area contributed by atoms with Crippen molar-refractivity contribution in [3.63, 3.8) is 0 Å². The molecule has 1 amide bonds. The molecule has 120 valence electrons. The van der Waals surface area contributed by atoms with E-state index in [0.717, 1.165) is 41.8 Å². The lowest BCUT2D eigenvalue weighted by Crippen LogP contribution is -2.34. The molecule has 5 nitrogen and oxygen atoms in total. The fraction of sp³-hybridized carbons (Fsp3) is 0.389. The molecule has 5 heteroatoms. The Labute approximate surface area is 135 Å². The van der Waals surface area contributed by atoms with E-state index in [1.165, 1.54) is 10.2 Å². The molecule has 1 aliphatic carbocycles. The zero-order valence-electron chi connectivity index (χ0n) is 13.7. The first-order chi connectivity index (χ1) is 11.0. The zero-order valence-corrected chi connectivity index (χ0v) is 13.7. The molecule has 3 rings (SSSR count). The fourth-order valence-electron chi connectivity index (χ4n) is 2.87. The molecule has 0 spiro atoms. The van der Waals surface area contributed by atoms with E-state index in [2.05, 4.69) is 10.4 Å². The molecule has 2 aromatic rings. The maximum Gasteiger partial charge on any atom is 0.267 e. The Kier molecular flexibility index (Phi) is 4.03. The molecule has 23 heavy (non-hydrogen) atoms. The van der Waals surface area contributed by atoms with E-state index >= 15 is 0 Å². The summed E-state index contributed by atoms with van der Waals surface area (Å²) in [5.74, 6) is -0.235. The van der Waals surface area contributed by atoms with Gasteiger partial charge >= 0.3 is 0 Å². The largest absolute Gasteiger partial charge is 0.324 e. The van der Waals surface area contributed by atoms with Crippen molar-refractivity contribution in [3.05, 3.63) is 57.0 Å². The Hall–Kier alpha value is -2.43. The molecular weight excluding hydrogens is 290 g/mol. The Morgan fingerprint density at radius 1 is 1.22 bits per heavy atom. The number of aromatic nitrogens is 2. The van der Waals surface area contributed by atoms with Crippen LogP contribution in [0, 0.1) is 13.8 Å². The molecule has 1 aromatic heterocycles. The summed E-state index contributed by atoms with van der Waals surface area (Å²) in [6.45, 7) is 5.73. The van der Waals surface area contributed by atoms with Crippen LogP contribution in [0.1, 0.15) is 41.8 Å². The number of amides is 1. The highest BCUT2D eigenvalue weighted by Gasteiger charge is 2.21. The van der Waals surface area contributed by atoms with Gasteiger partial charge in [0.2, 0.25) is 5.91 Å². The predicted molar refractivity (Wildman–Crippen MR) is 89.8 cm³/mol. The molecule has 1 aromatic carbocycles. The van der Waals surface area contributed by atoms with E-state index in [1.54, 1.807) is 13.0 Å². The van der Waals surface area contributed by atoms with Gasteiger partial charge in [0.1, 0.15) is 6.04 Å². The minimum Gasteiger partial charge on any atom is -0.324 e. The Morgan fingerprint density at radius 2 is 2.00 bits per heavy atom. The van der Waals surface area contributed by atoms with Gasteiger partial charge in [-0.05, 0) is 68.9 Å². The third kappa shape index (κ3) is 3.04. The van der Waals surface area contributed by atoms with Gasteiger partial charge in [-0.25, -0.2) is 4.68 Å². The Balaban J connectivity index is 1.82. The minimum absolute atomic E-state index is 0.214. The summed E-state index contributed by atoms with van der Waals surface area (Å²) in [6.07, 6.45) is 2.80. The van der Waals surface area contributed by atoms with E-state index < -0.39 is 6.04 Å². The van der Waals surface area contributed by atoms with Crippen LogP contribution in [0.25, 0.3) is 0 Å². The first kappa shape index (κ1) is 15.5. The highest BCUT2D eigenvalue weighted by Crippen LogP contribution is 2.19. The Morgan fingerprint density at radius 3 is 2.74 bits per heavy atom. The number of rotatable bonds is 3. The zero-order chi connectivity index (χ0) is 16.6. The Bertz CT molecular complexity index is 824. The quantitative estimate of drug-likeness (QED) is 0.947. The number of hydrogen-bond donors (Lipinski definition) is 1. The number of nitrogens with one attached hydrogen (secondary N) is 1. The second kappa shape index (κ2) is 5.99. The summed E-state index contributed by atoms with van der Waals surface area (Å²) in [5.41, 5.74) is 4.77. The third-order valence-electron chi connectivity index (χ3n) is 4.50. The van der Waals surface area contributed by atoms with Crippen molar-refractivity contribution in [2.24, 2.45) is 0 Å². The predicted octanol–water partition coefficient (Wildman–Crippen LogP) is 2.55. The van der Waals surface area contributed by atoms with Crippen LogP contribution >= 0.6 is 0 Å². The van der Waals surface area contributed by atoms with E-state index in [-0.39, 0.29) is 11.5 Å². The highest BCUT2D eigenvalue weighted by molar-refractivity contribution is 5.93. The second-order valence-corrected chi connectivity index (χ2v) is 6.22. The first-order valence-corrected chi connectivity index (χ1v) is 7.95. The van der Waals surface area contributed by atoms with Gasteiger partial charge in [0.15, 0.2) is 0 Å². The number of carbonyl (C=O) groups is 1. The number of fused-ring (bicyclic) bond motifs is 1. The smallest absolute Gasteiger partial charge is 0.267 e. The number of carbonyl (C=O) groups excluding carboxylic acids is 1. The molecule has 1 atom stereocenters. The lowest BCUT2D eigenvalue weighted by atomic mass is 10.1. The molecule has 1 unspecified atom stereocenters. The molecule has 1 heterocycles. The second-order valence-electron chi connectivity index (χ2n) is 6.22. The summed E-state index contributed by atoms with van der Waals surface area (Å²) in [4.78, 5) is 24.6. The van der Waals surface area contributed by atoms with Gasteiger partial charge < -0.3 is 5.32 Å². The van der Waals surface area contributed by atoms with Crippen LogP contribution in [-0.2, 0) is 17.6 Å². The molecule has 0 saturated heterocycles. The van der Waals surface area contributed by atoms with Crippen LogP contribution in [0.4, 0.5) is 5.69 Å². The third-order valence-corrected chi connectivity index (χ3v) is 4.50.